The molecule has 3 rings (SSSR count). The summed E-state index contributed by atoms with van der Waals surface area (Å²) in [6.07, 6.45) is 0.597. The van der Waals surface area contributed by atoms with Gasteiger partial charge in [-0.15, -0.1) is 0 Å². The summed E-state index contributed by atoms with van der Waals surface area (Å²) in [6, 6.07) is 12.4. The minimum atomic E-state index is -0.652. The van der Waals surface area contributed by atoms with Crippen LogP contribution in [0.5, 0.6) is 5.75 Å². The van der Waals surface area contributed by atoms with E-state index in [0.717, 1.165) is 11.3 Å². The van der Waals surface area contributed by atoms with Crippen LogP contribution in [-0.4, -0.2) is 11.2 Å². The van der Waals surface area contributed by atoms with Crippen LogP contribution in [0.25, 0.3) is 10.9 Å². The summed E-state index contributed by atoms with van der Waals surface area (Å²) in [5.74, 6) is 0.0785. The summed E-state index contributed by atoms with van der Waals surface area (Å²) < 4.78 is 11.9. The summed E-state index contributed by atoms with van der Waals surface area (Å²) in [7, 11) is 0. The predicted molar refractivity (Wildman–Crippen MR) is 93.0 cm³/mol. The molecule has 0 aliphatic heterocycles. The van der Waals surface area contributed by atoms with E-state index in [1.165, 1.54) is 4.57 Å². The van der Waals surface area contributed by atoms with Crippen LogP contribution in [-0.2, 0) is 6.54 Å². The zero-order valence-electron chi connectivity index (χ0n) is 13.1. The molecule has 24 heavy (non-hydrogen) atoms. The highest BCUT2D eigenvalue weighted by molar-refractivity contribution is 6.31. The highest BCUT2D eigenvalue weighted by Gasteiger charge is 2.08. The van der Waals surface area contributed by atoms with Crippen LogP contribution in [0.4, 0.5) is 0 Å². The van der Waals surface area contributed by atoms with Gasteiger partial charge >= 0.3 is 11.4 Å². The van der Waals surface area contributed by atoms with Crippen molar-refractivity contribution < 1.29 is 9.15 Å². The number of aromatic nitrogens is 1. The molecule has 124 valence electrons. The third-order valence-corrected chi connectivity index (χ3v) is 4.16. The number of fused-ring (bicyclic) bond motifs is 1. The van der Waals surface area contributed by atoms with Crippen LogP contribution in [0.15, 0.2) is 56.5 Å². The van der Waals surface area contributed by atoms with E-state index < -0.39 is 11.4 Å². The van der Waals surface area contributed by atoms with Crippen molar-refractivity contribution in [2.45, 2.75) is 19.9 Å². The maximum absolute atomic E-state index is 11.9. The monoisotopic (exact) mass is 345 g/mol. The SMILES string of the molecule is Cc1cc(OCCCn2c(=O)oc(=O)c3ccccc32)ccc1Cl. The Hall–Kier alpha value is -2.53. The molecular formula is C18H16ClNO4. The highest BCUT2D eigenvalue weighted by atomic mass is 35.5. The lowest BCUT2D eigenvalue weighted by Gasteiger charge is -2.10. The van der Waals surface area contributed by atoms with Crippen molar-refractivity contribution in [1.82, 2.24) is 4.57 Å². The predicted octanol–water partition coefficient (Wildman–Crippen LogP) is 3.39. The molecule has 0 N–H and O–H groups in total. The van der Waals surface area contributed by atoms with Crippen LogP contribution in [0, 0.1) is 6.92 Å². The Morgan fingerprint density at radius 2 is 1.96 bits per heavy atom. The van der Waals surface area contributed by atoms with E-state index in [1.807, 2.05) is 13.0 Å². The van der Waals surface area contributed by atoms with Crippen molar-refractivity contribution in [3.63, 3.8) is 0 Å². The Morgan fingerprint density at radius 1 is 1.17 bits per heavy atom. The lowest BCUT2D eigenvalue weighted by molar-refractivity contribution is 0.296. The third kappa shape index (κ3) is 3.36. The van der Waals surface area contributed by atoms with Crippen LogP contribution >= 0.6 is 11.6 Å². The van der Waals surface area contributed by atoms with Crippen LogP contribution in [0.1, 0.15) is 12.0 Å². The molecule has 0 atom stereocenters. The van der Waals surface area contributed by atoms with E-state index in [9.17, 15) is 9.59 Å². The molecule has 0 bridgehead atoms. The van der Waals surface area contributed by atoms with Gasteiger partial charge in [-0.05, 0) is 49.2 Å². The Morgan fingerprint density at radius 3 is 2.75 bits per heavy atom. The molecular weight excluding hydrogens is 330 g/mol. The summed E-state index contributed by atoms with van der Waals surface area (Å²) in [6.45, 7) is 2.74. The fraction of sp³-hybridized carbons (Fsp3) is 0.222. The topological polar surface area (TPSA) is 61.4 Å². The van der Waals surface area contributed by atoms with E-state index in [1.54, 1.807) is 36.4 Å². The molecule has 3 aromatic rings. The number of benzene rings is 2. The minimum absolute atomic E-state index is 0.395. The van der Waals surface area contributed by atoms with Gasteiger partial charge < -0.3 is 9.15 Å². The Kier molecular flexibility index (Phi) is 4.71. The molecule has 1 heterocycles. The zero-order chi connectivity index (χ0) is 17.1. The molecule has 5 nitrogen and oxygen atoms in total. The third-order valence-electron chi connectivity index (χ3n) is 3.74. The van der Waals surface area contributed by atoms with Gasteiger partial charge in [-0.1, -0.05) is 23.7 Å². The quantitative estimate of drug-likeness (QED) is 0.665. The maximum atomic E-state index is 11.9. The molecule has 0 aliphatic rings. The first kappa shape index (κ1) is 16.3. The van der Waals surface area contributed by atoms with Crippen molar-refractivity contribution >= 4 is 22.5 Å². The second kappa shape index (κ2) is 6.93. The van der Waals surface area contributed by atoms with Gasteiger partial charge in [0.05, 0.1) is 17.5 Å². The van der Waals surface area contributed by atoms with Crippen molar-refractivity contribution in [1.29, 1.82) is 0 Å². The molecule has 0 radical (unpaired) electrons. The summed E-state index contributed by atoms with van der Waals surface area (Å²) >= 11 is 5.98. The molecule has 0 saturated heterocycles. The first-order valence-corrected chi connectivity index (χ1v) is 7.96. The normalized spacial score (nSPS) is 10.9. The average molecular weight is 346 g/mol. The fourth-order valence-electron chi connectivity index (χ4n) is 2.50. The van der Waals surface area contributed by atoms with E-state index in [4.69, 9.17) is 20.8 Å². The lowest BCUT2D eigenvalue weighted by atomic mass is 10.2. The maximum Gasteiger partial charge on any atom is 0.422 e. The second-order valence-corrected chi connectivity index (χ2v) is 5.84. The zero-order valence-corrected chi connectivity index (χ0v) is 13.9. The number of para-hydroxylation sites is 1. The van der Waals surface area contributed by atoms with Gasteiger partial charge in [0, 0.05) is 11.6 Å². The molecule has 6 heteroatoms. The number of halogens is 1. The van der Waals surface area contributed by atoms with Crippen molar-refractivity contribution in [3.05, 3.63) is 74.0 Å². The van der Waals surface area contributed by atoms with Crippen molar-refractivity contribution in [3.8, 4) is 5.75 Å². The fourth-order valence-corrected chi connectivity index (χ4v) is 2.62. The first-order valence-electron chi connectivity index (χ1n) is 7.58. The number of ether oxygens (including phenoxy) is 1. The molecule has 0 amide bonds. The van der Waals surface area contributed by atoms with Crippen molar-refractivity contribution in [2.24, 2.45) is 0 Å². The molecule has 0 saturated carbocycles. The van der Waals surface area contributed by atoms with Gasteiger partial charge in [0.1, 0.15) is 5.75 Å². The van der Waals surface area contributed by atoms with E-state index in [0.29, 0.717) is 35.5 Å². The second-order valence-electron chi connectivity index (χ2n) is 5.44. The van der Waals surface area contributed by atoms with Gasteiger partial charge in [-0.3, -0.25) is 4.57 Å². The standard InChI is InChI=1S/C18H16ClNO4/c1-12-11-13(7-8-15(12)19)23-10-4-9-20-16-6-3-2-5-14(16)17(21)24-18(20)22/h2-3,5-8,11H,4,9-10H2,1H3. The van der Waals surface area contributed by atoms with Crippen LogP contribution in [0.2, 0.25) is 5.02 Å². The van der Waals surface area contributed by atoms with E-state index in [2.05, 4.69) is 0 Å². The largest absolute Gasteiger partial charge is 0.494 e. The molecule has 0 aliphatic carbocycles. The molecule has 0 fully saturated rings. The molecule has 2 aromatic carbocycles. The average Bonchev–Trinajstić information content (AvgIpc) is 2.57. The van der Waals surface area contributed by atoms with Gasteiger partial charge in [0.15, 0.2) is 0 Å². The number of aryl methyl sites for hydroxylation is 2. The van der Waals surface area contributed by atoms with Gasteiger partial charge in [-0.25, -0.2) is 9.59 Å². The van der Waals surface area contributed by atoms with Gasteiger partial charge in [0.25, 0.3) is 0 Å². The Balaban J connectivity index is 1.71. The van der Waals surface area contributed by atoms with Gasteiger partial charge in [-0.2, -0.15) is 0 Å². The Labute approximate surface area is 143 Å². The highest BCUT2D eigenvalue weighted by Crippen LogP contribution is 2.21. The Bertz CT molecular complexity index is 990. The van der Waals surface area contributed by atoms with E-state index in [-0.39, 0.29) is 0 Å². The molecule has 0 spiro atoms. The minimum Gasteiger partial charge on any atom is -0.494 e. The number of nitrogens with zero attached hydrogens (tertiary/aromatic N) is 1. The number of hydrogen-bond donors (Lipinski definition) is 0. The summed E-state index contributed by atoms with van der Waals surface area (Å²) in [5, 5.41) is 1.09. The van der Waals surface area contributed by atoms with Crippen LogP contribution in [0.3, 0.4) is 0 Å². The summed E-state index contributed by atoms with van der Waals surface area (Å²) in [4.78, 5) is 23.7. The first-order chi connectivity index (χ1) is 11.6. The lowest BCUT2D eigenvalue weighted by Crippen LogP contribution is -2.25. The van der Waals surface area contributed by atoms with E-state index >= 15 is 0 Å². The van der Waals surface area contributed by atoms with Crippen LogP contribution < -0.4 is 16.1 Å². The van der Waals surface area contributed by atoms with Gasteiger partial charge in [0.2, 0.25) is 0 Å². The number of rotatable bonds is 5. The smallest absolute Gasteiger partial charge is 0.422 e. The summed E-state index contributed by atoms with van der Waals surface area (Å²) in [5.41, 5.74) is 0.905. The molecule has 1 aromatic heterocycles. The number of hydrogen-bond acceptors (Lipinski definition) is 4. The van der Waals surface area contributed by atoms with Crippen molar-refractivity contribution in [2.75, 3.05) is 6.61 Å². The molecule has 0 unspecified atom stereocenters.